The Morgan fingerprint density at radius 2 is 1.96 bits per heavy atom. The summed E-state index contributed by atoms with van der Waals surface area (Å²) in [6.45, 7) is 0.860. The normalized spacial score (nSPS) is 11.9. The largest absolute Gasteiger partial charge is 0.496 e. The summed E-state index contributed by atoms with van der Waals surface area (Å²) in [4.78, 5) is 13.2. The number of likely N-dealkylation sites (N-methyl/N-ethyl adjacent to an activating group) is 1. The van der Waals surface area contributed by atoms with E-state index in [9.17, 15) is 4.79 Å². The molecule has 0 saturated carbocycles. The number of quaternary nitrogens is 1. The van der Waals surface area contributed by atoms with Gasteiger partial charge in [0.1, 0.15) is 12.3 Å². The quantitative estimate of drug-likeness (QED) is 0.797. The number of halogens is 3. The molecule has 24 heavy (non-hydrogen) atoms. The van der Waals surface area contributed by atoms with Crippen LogP contribution in [-0.4, -0.2) is 26.6 Å². The van der Waals surface area contributed by atoms with E-state index < -0.39 is 0 Å². The van der Waals surface area contributed by atoms with Gasteiger partial charge in [-0.1, -0.05) is 40.9 Å². The predicted molar refractivity (Wildman–Crippen MR) is 98.6 cm³/mol. The Labute approximate surface area is 156 Å². The van der Waals surface area contributed by atoms with Crippen molar-refractivity contribution in [1.82, 2.24) is 0 Å². The highest BCUT2D eigenvalue weighted by molar-refractivity contribution is 6.44. The van der Waals surface area contributed by atoms with Crippen molar-refractivity contribution in [2.75, 3.05) is 26.0 Å². The molecule has 4 nitrogen and oxygen atoms in total. The molecule has 0 heterocycles. The summed E-state index contributed by atoms with van der Waals surface area (Å²) in [7, 11) is 3.52. The van der Waals surface area contributed by atoms with E-state index in [1.807, 2.05) is 19.2 Å². The summed E-state index contributed by atoms with van der Waals surface area (Å²) < 4.78 is 5.33. The number of amides is 1. The summed E-state index contributed by atoms with van der Waals surface area (Å²) in [5.74, 6) is 0.592. The number of hydrogen-bond acceptors (Lipinski definition) is 2. The van der Waals surface area contributed by atoms with Crippen molar-refractivity contribution in [2.24, 2.45) is 0 Å². The third kappa shape index (κ3) is 5.02. The lowest BCUT2D eigenvalue weighted by Crippen LogP contribution is -3.08. The van der Waals surface area contributed by atoms with E-state index in [-0.39, 0.29) is 12.5 Å². The van der Waals surface area contributed by atoms with Gasteiger partial charge in [0, 0.05) is 10.6 Å². The smallest absolute Gasteiger partial charge is 0.279 e. The molecule has 0 saturated heterocycles. The van der Waals surface area contributed by atoms with Crippen LogP contribution in [0.15, 0.2) is 36.4 Å². The molecule has 7 heteroatoms. The van der Waals surface area contributed by atoms with Gasteiger partial charge >= 0.3 is 0 Å². The molecule has 0 aliphatic carbocycles. The molecule has 0 aliphatic rings. The Bertz CT molecular complexity index is 738. The van der Waals surface area contributed by atoms with Gasteiger partial charge in [-0.05, 0) is 30.3 Å². The van der Waals surface area contributed by atoms with Gasteiger partial charge in [-0.25, -0.2) is 0 Å². The average Bonchev–Trinajstić information content (AvgIpc) is 2.52. The van der Waals surface area contributed by atoms with Crippen LogP contribution in [0.1, 0.15) is 5.56 Å². The Balaban J connectivity index is 1.99. The predicted octanol–water partition coefficient (Wildman–Crippen LogP) is 3.31. The molecule has 2 N–H and O–H groups in total. The van der Waals surface area contributed by atoms with Crippen LogP contribution in [-0.2, 0) is 11.3 Å². The van der Waals surface area contributed by atoms with Crippen LogP contribution >= 0.6 is 34.8 Å². The van der Waals surface area contributed by atoms with E-state index in [2.05, 4.69) is 5.32 Å². The molecule has 2 aromatic rings. The average molecular weight is 389 g/mol. The Morgan fingerprint density at radius 3 is 2.67 bits per heavy atom. The summed E-state index contributed by atoms with van der Waals surface area (Å²) in [6.07, 6.45) is 0. The standard InChI is InChI=1S/C17H17Cl3N2O2/c1-22(9-11-8-12(18)6-7-15(11)24-2)10-16(23)21-14-5-3-4-13(19)17(14)20/h3-8H,9-10H2,1-2H3,(H,21,23)/p+1. The Kier molecular flexibility index (Phi) is 6.75. The molecular weight excluding hydrogens is 371 g/mol. The molecule has 128 valence electrons. The summed E-state index contributed by atoms with van der Waals surface area (Å²) in [5, 5.41) is 4.14. The topological polar surface area (TPSA) is 42.8 Å². The van der Waals surface area contributed by atoms with E-state index >= 15 is 0 Å². The maximum absolute atomic E-state index is 12.2. The maximum Gasteiger partial charge on any atom is 0.279 e. The van der Waals surface area contributed by atoms with Gasteiger partial charge in [-0.2, -0.15) is 0 Å². The van der Waals surface area contributed by atoms with Gasteiger partial charge in [0.2, 0.25) is 0 Å². The molecular formula is C17H18Cl3N2O2+. The van der Waals surface area contributed by atoms with Gasteiger partial charge in [0.15, 0.2) is 6.54 Å². The van der Waals surface area contributed by atoms with Crippen LogP contribution in [0.4, 0.5) is 5.69 Å². The first kappa shape index (κ1) is 18.9. The van der Waals surface area contributed by atoms with Crippen LogP contribution in [0.25, 0.3) is 0 Å². The maximum atomic E-state index is 12.2. The highest BCUT2D eigenvalue weighted by Crippen LogP contribution is 2.29. The minimum Gasteiger partial charge on any atom is -0.496 e. The van der Waals surface area contributed by atoms with Crippen LogP contribution in [0.5, 0.6) is 5.75 Å². The van der Waals surface area contributed by atoms with E-state index in [0.717, 1.165) is 16.2 Å². The molecule has 0 aliphatic heterocycles. The third-order valence-corrected chi connectivity index (χ3v) is 4.48. The van der Waals surface area contributed by atoms with Gasteiger partial charge in [0.25, 0.3) is 5.91 Å². The van der Waals surface area contributed by atoms with Gasteiger partial charge < -0.3 is 15.0 Å². The van der Waals surface area contributed by atoms with E-state index in [0.29, 0.717) is 27.3 Å². The number of anilines is 1. The van der Waals surface area contributed by atoms with Gasteiger partial charge in [-0.3, -0.25) is 4.79 Å². The molecule has 2 aromatic carbocycles. The zero-order chi connectivity index (χ0) is 17.7. The van der Waals surface area contributed by atoms with Crippen molar-refractivity contribution in [1.29, 1.82) is 0 Å². The fourth-order valence-corrected chi connectivity index (χ4v) is 2.88. The molecule has 2 rings (SSSR count). The molecule has 1 unspecified atom stereocenters. The van der Waals surface area contributed by atoms with Crippen LogP contribution in [0.3, 0.4) is 0 Å². The van der Waals surface area contributed by atoms with Crippen molar-refractivity contribution in [3.63, 3.8) is 0 Å². The van der Waals surface area contributed by atoms with Crippen LogP contribution in [0, 0.1) is 0 Å². The van der Waals surface area contributed by atoms with E-state index in [4.69, 9.17) is 39.5 Å². The fourth-order valence-electron chi connectivity index (χ4n) is 2.34. The lowest BCUT2D eigenvalue weighted by molar-refractivity contribution is -0.885. The molecule has 0 radical (unpaired) electrons. The zero-order valence-corrected chi connectivity index (χ0v) is 15.6. The van der Waals surface area contributed by atoms with Gasteiger partial charge in [0.05, 0.1) is 29.9 Å². The minimum atomic E-state index is -0.155. The van der Waals surface area contributed by atoms with Crippen LogP contribution in [0.2, 0.25) is 15.1 Å². The van der Waals surface area contributed by atoms with Crippen molar-refractivity contribution in [3.8, 4) is 5.75 Å². The van der Waals surface area contributed by atoms with Crippen molar-refractivity contribution < 1.29 is 14.4 Å². The number of rotatable bonds is 6. The van der Waals surface area contributed by atoms with Gasteiger partial charge in [-0.15, -0.1) is 0 Å². The lowest BCUT2D eigenvalue weighted by Gasteiger charge is -2.16. The molecule has 0 bridgehead atoms. The minimum absolute atomic E-state index is 0.155. The molecule has 0 spiro atoms. The second-order valence-electron chi connectivity index (χ2n) is 5.42. The van der Waals surface area contributed by atoms with Crippen molar-refractivity contribution in [3.05, 3.63) is 57.0 Å². The molecule has 0 aromatic heterocycles. The molecule has 1 amide bonds. The van der Waals surface area contributed by atoms with E-state index in [1.54, 1.807) is 31.4 Å². The van der Waals surface area contributed by atoms with Crippen molar-refractivity contribution in [2.45, 2.75) is 6.54 Å². The number of carbonyl (C=O) groups excluding carboxylic acids is 1. The summed E-state index contributed by atoms with van der Waals surface area (Å²) >= 11 is 18.1. The highest BCUT2D eigenvalue weighted by Gasteiger charge is 2.15. The Morgan fingerprint density at radius 1 is 1.21 bits per heavy atom. The van der Waals surface area contributed by atoms with E-state index in [1.165, 1.54) is 0 Å². The first-order valence-corrected chi connectivity index (χ1v) is 8.41. The second kappa shape index (κ2) is 8.58. The fraction of sp³-hybridized carbons (Fsp3) is 0.235. The number of benzene rings is 2. The zero-order valence-electron chi connectivity index (χ0n) is 13.3. The first-order valence-electron chi connectivity index (χ1n) is 7.28. The van der Waals surface area contributed by atoms with Crippen LogP contribution < -0.4 is 15.0 Å². The SMILES string of the molecule is COc1ccc(Cl)cc1C[NH+](C)CC(=O)Nc1cccc(Cl)c1Cl. The summed E-state index contributed by atoms with van der Waals surface area (Å²) in [6, 6.07) is 10.5. The second-order valence-corrected chi connectivity index (χ2v) is 6.64. The Hall–Kier alpha value is -1.46. The number of carbonyl (C=O) groups is 1. The third-order valence-electron chi connectivity index (χ3n) is 3.42. The number of hydrogen-bond donors (Lipinski definition) is 2. The number of methoxy groups -OCH3 is 1. The highest BCUT2D eigenvalue weighted by atomic mass is 35.5. The monoisotopic (exact) mass is 387 g/mol. The summed E-state index contributed by atoms with van der Waals surface area (Å²) in [5.41, 5.74) is 1.44. The number of nitrogens with one attached hydrogen (secondary N) is 2. The molecule has 0 fully saturated rings. The lowest BCUT2D eigenvalue weighted by atomic mass is 10.2. The van der Waals surface area contributed by atoms with Crippen molar-refractivity contribution >= 4 is 46.4 Å². The number of ether oxygens (including phenoxy) is 1. The molecule has 1 atom stereocenters. The first-order chi connectivity index (χ1) is 11.4.